The lowest BCUT2D eigenvalue weighted by Gasteiger charge is -2.19. The minimum atomic E-state index is 0.0425. The van der Waals surface area contributed by atoms with Crippen molar-refractivity contribution in [2.24, 2.45) is 4.99 Å². The maximum atomic E-state index is 6.23. The van der Waals surface area contributed by atoms with Gasteiger partial charge in [-0.25, -0.2) is 0 Å². The van der Waals surface area contributed by atoms with E-state index in [0.717, 1.165) is 16.4 Å². The molecule has 0 saturated carbocycles. The Hall–Kier alpha value is -2.08. The predicted octanol–water partition coefficient (Wildman–Crippen LogP) is 3.32. The van der Waals surface area contributed by atoms with E-state index in [2.05, 4.69) is 25.8 Å². The van der Waals surface area contributed by atoms with Crippen LogP contribution in [0.3, 0.4) is 0 Å². The van der Waals surface area contributed by atoms with Gasteiger partial charge in [0.1, 0.15) is 0 Å². The van der Waals surface area contributed by atoms with Crippen LogP contribution >= 0.6 is 11.6 Å². The van der Waals surface area contributed by atoms with Crippen LogP contribution in [0.2, 0.25) is 5.02 Å². The molecule has 130 valence electrons. The summed E-state index contributed by atoms with van der Waals surface area (Å²) in [4.78, 5) is 8.59. The molecule has 0 aliphatic heterocycles. The largest absolute Gasteiger partial charge is 0.356 e. The predicted molar refractivity (Wildman–Crippen MR) is 96.5 cm³/mol. The molecular formula is C17H24ClN5O. The number of nitrogens with one attached hydrogen (secondary N) is 2. The smallest absolute Gasteiger partial charge is 0.228 e. The number of nitrogens with zero attached hydrogens (tertiary/aromatic N) is 3. The molecular weight excluding hydrogens is 326 g/mol. The molecule has 2 aromatic rings. The highest BCUT2D eigenvalue weighted by molar-refractivity contribution is 6.31. The van der Waals surface area contributed by atoms with E-state index in [4.69, 9.17) is 16.1 Å². The molecule has 24 heavy (non-hydrogen) atoms. The van der Waals surface area contributed by atoms with E-state index in [-0.39, 0.29) is 12.0 Å². The molecule has 0 saturated heterocycles. The quantitative estimate of drug-likeness (QED) is 0.618. The number of benzene rings is 1. The van der Waals surface area contributed by atoms with Crippen molar-refractivity contribution in [3.63, 3.8) is 0 Å². The Bertz CT molecular complexity index is 683. The van der Waals surface area contributed by atoms with Crippen molar-refractivity contribution in [3.8, 4) is 0 Å². The van der Waals surface area contributed by atoms with E-state index >= 15 is 0 Å². The zero-order chi connectivity index (χ0) is 17.5. The van der Waals surface area contributed by atoms with Crippen LogP contribution < -0.4 is 10.6 Å². The summed E-state index contributed by atoms with van der Waals surface area (Å²) in [5, 5.41) is 11.3. The van der Waals surface area contributed by atoms with Crippen LogP contribution in [-0.2, 0) is 6.42 Å². The second kappa shape index (κ2) is 8.68. The van der Waals surface area contributed by atoms with Crippen LogP contribution in [0.4, 0.5) is 0 Å². The van der Waals surface area contributed by atoms with Gasteiger partial charge in [0, 0.05) is 31.0 Å². The third-order valence-corrected chi connectivity index (χ3v) is 3.92. The number of hydrogen-bond acceptors (Lipinski definition) is 4. The molecule has 1 aromatic heterocycles. The van der Waals surface area contributed by atoms with E-state index in [1.807, 2.05) is 45.0 Å². The molecule has 0 aliphatic carbocycles. The van der Waals surface area contributed by atoms with E-state index in [1.165, 1.54) is 0 Å². The number of halogens is 1. The summed E-state index contributed by atoms with van der Waals surface area (Å²) in [7, 11) is 1.73. The van der Waals surface area contributed by atoms with Crippen LogP contribution in [0.15, 0.2) is 33.8 Å². The summed E-state index contributed by atoms with van der Waals surface area (Å²) in [5.41, 5.74) is 1.03. The molecule has 6 nitrogen and oxygen atoms in total. The number of rotatable bonds is 6. The number of hydrogen-bond donors (Lipinski definition) is 2. The topological polar surface area (TPSA) is 75.3 Å². The Morgan fingerprint density at radius 2 is 2.04 bits per heavy atom. The Balaban J connectivity index is 1.85. The molecule has 2 rings (SSSR count). The van der Waals surface area contributed by atoms with E-state index in [1.54, 1.807) is 7.05 Å². The molecule has 1 atom stereocenters. The Kier molecular flexibility index (Phi) is 6.61. The third kappa shape index (κ3) is 4.96. The molecule has 1 heterocycles. The first-order chi connectivity index (χ1) is 11.5. The Labute approximate surface area is 147 Å². The maximum Gasteiger partial charge on any atom is 0.228 e. The van der Waals surface area contributed by atoms with Gasteiger partial charge < -0.3 is 15.2 Å². The number of guanidine groups is 1. The van der Waals surface area contributed by atoms with Gasteiger partial charge in [0.15, 0.2) is 11.8 Å². The second-order valence-electron chi connectivity index (χ2n) is 5.84. The molecule has 1 aromatic carbocycles. The second-order valence-corrected chi connectivity index (χ2v) is 6.24. The molecule has 0 fully saturated rings. The van der Waals surface area contributed by atoms with Gasteiger partial charge in [0.2, 0.25) is 5.89 Å². The van der Waals surface area contributed by atoms with Crippen molar-refractivity contribution in [2.75, 3.05) is 13.6 Å². The highest BCUT2D eigenvalue weighted by atomic mass is 35.5. The fraction of sp³-hybridized carbons (Fsp3) is 0.471. The van der Waals surface area contributed by atoms with E-state index in [0.29, 0.717) is 24.8 Å². The first-order valence-electron chi connectivity index (χ1n) is 8.05. The van der Waals surface area contributed by atoms with Crippen molar-refractivity contribution in [1.82, 2.24) is 20.8 Å². The van der Waals surface area contributed by atoms with Crippen LogP contribution in [0.1, 0.15) is 50.0 Å². The number of aromatic nitrogens is 2. The Morgan fingerprint density at radius 3 is 2.67 bits per heavy atom. The van der Waals surface area contributed by atoms with E-state index < -0.39 is 0 Å². The molecule has 0 bridgehead atoms. The normalized spacial score (nSPS) is 13.2. The zero-order valence-electron chi connectivity index (χ0n) is 14.5. The minimum absolute atomic E-state index is 0.0425. The molecule has 0 aliphatic rings. The fourth-order valence-corrected chi connectivity index (χ4v) is 2.50. The van der Waals surface area contributed by atoms with Gasteiger partial charge >= 0.3 is 0 Å². The summed E-state index contributed by atoms with van der Waals surface area (Å²) in [6, 6.07) is 7.81. The van der Waals surface area contributed by atoms with Crippen molar-refractivity contribution >= 4 is 17.6 Å². The van der Waals surface area contributed by atoms with Gasteiger partial charge in [-0.1, -0.05) is 48.8 Å². The highest BCUT2D eigenvalue weighted by Gasteiger charge is 2.12. The van der Waals surface area contributed by atoms with Crippen molar-refractivity contribution in [2.45, 2.75) is 39.2 Å². The summed E-state index contributed by atoms with van der Waals surface area (Å²) >= 11 is 6.23. The van der Waals surface area contributed by atoms with Crippen LogP contribution in [0, 0.1) is 0 Å². The summed E-state index contributed by atoms with van der Waals surface area (Å²) < 4.78 is 5.23. The van der Waals surface area contributed by atoms with Gasteiger partial charge in [-0.15, -0.1) is 0 Å². The van der Waals surface area contributed by atoms with Gasteiger partial charge in [-0.05, 0) is 18.6 Å². The lowest BCUT2D eigenvalue weighted by Crippen LogP contribution is -2.39. The van der Waals surface area contributed by atoms with Crippen LogP contribution in [0.5, 0.6) is 0 Å². The average Bonchev–Trinajstić information content (AvgIpc) is 3.03. The third-order valence-electron chi connectivity index (χ3n) is 3.58. The minimum Gasteiger partial charge on any atom is -0.356 e. The lowest BCUT2D eigenvalue weighted by atomic mass is 10.1. The molecule has 0 amide bonds. The standard InChI is InChI=1S/C17H24ClN5O/c1-11(2)16-22-15(24-23-16)9-10-20-17(19-4)21-12(3)13-7-5-6-8-14(13)18/h5-8,11-12H,9-10H2,1-4H3,(H2,19,20,21). The highest BCUT2D eigenvalue weighted by Crippen LogP contribution is 2.21. The lowest BCUT2D eigenvalue weighted by molar-refractivity contribution is 0.371. The van der Waals surface area contributed by atoms with Gasteiger partial charge in [-0.3, -0.25) is 4.99 Å². The summed E-state index contributed by atoms with van der Waals surface area (Å²) in [6.07, 6.45) is 0.640. The first kappa shape index (κ1) is 18.3. The van der Waals surface area contributed by atoms with Gasteiger partial charge in [0.25, 0.3) is 0 Å². The monoisotopic (exact) mass is 349 g/mol. The van der Waals surface area contributed by atoms with Gasteiger partial charge in [0.05, 0.1) is 6.04 Å². The van der Waals surface area contributed by atoms with Gasteiger partial charge in [-0.2, -0.15) is 4.98 Å². The zero-order valence-corrected chi connectivity index (χ0v) is 15.3. The average molecular weight is 350 g/mol. The molecule has 1 unspecified atom stereocenters. The fourth-order valence-electron chi connectivity index (χ4n) is 2.20. The maximum absolute atomic E-state index is 6.23. The van der Waals surface area contributed by atoms with Crippen molar-refractivity contribution in [1.29, 1.82) is 0 Å². The van der Waals surface area contributed by atoms with Crippen LogP contribution in [-0.4, -0.2) is 29.7 Å². The summed E-state index contributed by atoms with van der Waals surface area (Å²) in [5.74, 6) is 2.33. The Morgan fingerprint density at radius 1 is 1.29 bits per heavy atom. The molecule has 2 N–H and O–H groups in total. The molecule has 0 radical (unpaired) electrons. The first-order valence-corrected chi connectivity index (χ1v) is 8.43. The SMILES string of the molecule is CN=C(NCCc1nc(C(C)C)no1)NC(C)c1ccccc1Cl. The molecule has 7 heteroatoms. The summed E-state index contributed by atoms with van der Waals surface area (Å²) in [6.45, 7) is 6.76. The van der Waals surface area contributed by atoms with E-state index in [9.17, 15) is 0 Å². The van der Waals surface area contributed by atoms with Crippen molar-refractivity contribution < 1.29 is 4.52 Å². The molecule has 0 spiro atoms. The van der Waals surface area contributed by atoms with Crippen LogP contribution in [0.25, 0.3) is 0 Å². The number of aliphatic imine (C=N–C) groups is 1. The van der Waals surface area contributed by atoms with Crippen molar-refractivity contribution in [3.05, 3.63) is 46.6 Å².